The number of ether oxygens (including phenoxy) is 1. The van der Waals surface area contributed by atoms with E-state index in [1.807, 2.05) is 0 Å². The summed E-state index contributed by atoms with van der Waals surface area (Å²) in [6.07, 6.45) is 2.94. The lowest BCUT2D eigenvalue weighted by Crippen LogP contribution is -2.29. The summed E-state index contributed by atoms with van der Waals surface area (Å²) in [5.41, 5.74) is 0. The van der Waals surface area contributed by atoms with Crippen molar-refractivity contribution in [2.75, 3.05) is 13.2 Å². The van der Waals surface area contributed by atoms with E-state index in [2.05, 4.69) is 10.1 Å². The molecule has 0 spiro atoms. The summed E-state index contributed by atoms with van der Waals surface area (Å²) in [5, 5.41) is 2.37. The lowest BCUT2D eigenvalue weighted by molar-refractivity contribution is -0.143. The molecule has 0 aromatic carbocycles. The SMILES string of the molecule is CC=CC(=O)NCC(=O)OCC. The van der Waals surface area contributed by atoms with Crippen LogP contribution in [0.4, 0.5) is 0 Å². The molecule has 1 amide bonds. The minimum Gasteiger partial charge on any atom is -0.465 e. The predicted molar refractivity (Wildman–Crippen MR) is 44.5 cm³/mol. The van der Waals surface area contributed by atoms with E-state index >= 15 is 0 Å². The van der Waals surface area contributed by atoms with Crippen LogP contribution in [-0.4, -0.2) is 25.0 Å². The van der Waals surface area contributed by atoms with Crippen LogP contribution in [-0.2, 0) is 14.3 Å². The van der Waals surface area contributed by atoms with E-state index in [4.69, 9.17) is 0 Å². The Morgan fingerprint density at radius 3 is 2.67 bits per heavy atom. The molecule has 0 heterocycles. The molecule has 0 aliphatic rings. The standard InChI is InChI=1S/C8H13NO3/c1-3-5-7(10)9-6-8(11)12-4-2/h3,5H,4,6H2,1-2H3,(H,9,10). The average Bonchev–Trinajstić information content (AvgIpc) is 2.02. The van der Waals surface area contributed by atoms with Gasteiger partial charge in [-0.25, -0.2) is 0 Å². The fourth-order valence-corrected chi connectivity index (χ4v) is 0.582. The Kier molecular flexibility index (Phi) is 5.69. The van der Waals surface area contributed by atoms with Crippen LogP contribution in [0.1, 0.15) is 13.8 Å². The van der Waals surface area contributed by atoms with Gasteiger partial charge in [-0.2, -0.15) is 0 Å². The molecular weight excluding hydrogens is 158 g/mol. The van der Waals surface area contributed by atoms with Crippen molar-refractivity contribution in [2.45, 2.75) is 13.8 Å². The zero-order valence-corrected chi connectivity index (χ0v) is 7.29. The quantitative estimate of drug-likeness (QED) is 0.487. The summed E-state index contributed by atoms with van der Waals surface area (Å²) in [6.45, 7) is 3.70. The molecule has 0 saturated carbocycles. The van der Waals surface area contributed by atoms with Gasteiger partial charge < -0.3 is 10.1 Å². The molecule has 4 nitrogen and oxygen atoms in total. The van der Waals surface area contributed by atoms with Gasteiger partial charge >= 0.3 is 5.97 Å². The van der Waals surface area contributed by atoms with Crippen molar-refractivity contribution in [2.24, 2.45) is 0 Å². The predicted octanol–water partition coefficient (Wildman–Crippen LogP) is 0.242. The minimum absolute atomic E-state index is 0.0724. The van der Waals surface area contributed by atoms with Gasteiger partial charge in [0.2, 0.25) is 5.91 Å². The molecule has 12 heavy (non-hydrogen) atoms. The maximum absolute atomic E-state index is 10.7. The third-order valence-corrected chi connectivity index (χ3v) is 1.03. The maximum atomic E-state index is 10.7. The monoisotopic (exact) mass is 171 g/mol. The normalized spacial score (nSPS) is 9.83. The highest BCUT2D eigenvalue weighted by molar-refractivity contribution is 5.89. The molecule has 0 rings (SSSR count). The fourth-order valence-electron chi connectivity index (χ4n) is 0.582. The molecule has 0 aliphatic heterocycles. The zero-order valence-electron chi connectivity index (χ0n) is 7.29. The third-order valence-electron chi connectivity index (χ3n) is 1.03. The summed E-state index contributed by atoms with van der Waals surface area (Å²) in [6, 6.07) is 0. The lowest BCUT2D eigenvalue weighted by Gasteiger charge is -2.01. The lowest BCUT2D eigenvalue weighted by atomic mass is 10.5. The van der Waals surface area contributed by atoms with Gasteiger partial charge in [-0.15, -0.1) is 0 Å². The molecule has 0 aliphatic carbocycles. The molecular formula is C8H13NO3. The van der Waals surface area contributed by atoms with E-state index < -0.39 is 5.97 Å². The zero-order chi connectivity index (χ0) is 9.40. The number of hydrogen-bond acceptors (Lipinski definition) is 3. The first-order valence-electron chi connectivity index (χ1n) is 3.76. The first-order valence-corrected chi connectivity index (χ1v) is 3.76. The van der Waals surface area contributed by atoms with Crippen LogP contribution in [0.25, 0.3) is 0 Å². The number of carbonyl (C=O) groups excluding carboxylic acids is 2. The van der Waals surface area contributed by atoms with Crippen molar-refractivity contribution in [3.8, 4) is 0 Å². The number of allylic oxidation sites excluding steroid dienone is 1. The summed E-state index contributed by atoms with van der Waals surface area (Å²) in [4.78, 5) is 21.4. The van der Waals surface area contributed by atoms with E-state index in [9.17, 15) is 9.59 Å². The van der Waals surface area contributed by atoms with Crippen LogP contribution in [0.3, 0.4) is 0 Å². The molecule has 0 saturated heterocycles. The summed E-state index contributed by atoms with van der Waals surface area (Å²) < 4.78 is 4.59. The second-order valence-corrected chi connectivity index (χ2v) is 2.02. The molecule has 0 aromatic heterocycles. The van der Waals surface area contributed by atoms with Crippen LogP contribution in [0.15, 0.2) is 12.2 Å². The van der Waals surface area contributed by atoms with Crippen LogP contribution in [0, 0.1) is 0 Å². The number of rotatable bonds is 4. The van der Waals surface area contributed by atoms with E-state index in [0.717, 1.165) is 0 Å². The van der Waals surface area contributed by atoms with Gasteiger partial charge in [0.25, 0.3) is 0 Å². The van der Waals surface area contributed by atoms with Gasteiger partial charge in [0.05, 0.1) is 6.61 Å². The molecule has 0 bridgehead atoms. The van der Waals surface area contributed by atoms with Crippen LogP contribution < -0.4 is 5.32 Å². The number of hydrogen-bond donors (Lipinski definition) is 1. The van der Waals surface area contributed by atoms with Crippen LogP contribution in [0.5, 0.6) is 0 Å². The molecule has 68 valence electrons. The van der Waals surface area contributed by atoms with Gasteiger partial charge in [0.1, 0.15) is 6.54 Å². The smallest absolute Gasteiger partial charge is 0.325 e. The largest absolute Gasteiger partial charge is 0.465 e. The fraction of sp³-hybridized carbons (Fsp3) is 0.500. The van der Waals surface area contributed by atoms with Crippen molar-refractivity contribution in [1.82, 2.24) is 5.32 Å². The Labute approximate surface area is 71.6 Å². The van der Waals surface area contributed by atoms with E-state index in [1.165, 1.54) is 6.08 Å². The second-order valence-electron chi connectivity index (χ2n) is 2.02. The van der Waals surface area contributed by atoms with Crippen molar-refractivity contribution in [1.29, 1.82) is 0 Å². The van der Waals surface area contributed by atoms with E-state index in [0.29, 0.717) is 6.61 Å². The molecule has 0 radical (unpaired) electrons. The summed E-state index contributed by atoms with van der Waals surface area (Å²) in [5.74, 6) is -0.707. The van der Waals surface area contributed by atoms with Crippen LogP contribution >= 0.6 is 0 Å². The highest BCUT2D eigenvalue weighted by Crippen LogP contribution is 1.76. The van der Waals surface area contributed by atoms with Crippen molar-refractivity contribution >= 4 is 11.9 Å². The minimum atomic E-state index is -0.421. The number of nitrogens with one attached hydrogen (secondary N) is 1. The highest BCUT2D eigenvalue weighted by atomic mass is 16.5. The highest BCUT2D eigenvalue weighted by Gasteiger charge is 2.01. The first-order chi connectivity index (χ1) is 5.70. The molecule has 4 heteroatoms. The van der Waals surface area contributed by atoms with Gasteiger partial charge in [0, 0.05) is 0 Å². The van der Waals surface area contributed by atoms with Crippen molar-refractivity contribution in [3.63, 3.8) is 0 Å². The molecule has 1 N–H and O–H groups in total. The summed E-state index contributed by atoms with van der Waals surface area (Å²) in [7, 11) is 0. The van der Waals surface area contributed by atoms with E-state index in [1.54, 1.807) is 19.9 Å². The Balaban J connectivity index is 3.54. The first kappa shape index (κ1) is 10.7. The van der Waals surface area contributed by atoms with Gasteiger partial charge in [-0.05, 0) is 19.9 Å². The van der Waals surface area contributed by atoms with Crippen LogP contribution in [0.2, 0.25) is 0 Å². The topological polar surface area (TPSA) is 55.4 Å². The van der Waals surface area contributed by atoms with Crippen molar-refractivity contribution < 1.29 is 14.3 Å². The Morgan fingerprint density at radius 2 is 2.17 bits per heavy atom. The third kappa shape index (κ3) is 5.46. The number of carbonyl (C=O) groups is 2. The Morgan fingerprint density at radius 1 is 1.50 bits per heavy atom. The van der Waals surface area contributed by atoms with Gasteiger partial charge in [-0.3, -0.25) is 9.59 Å². The maximum Gasteiger partial charge on any atom is 0.325 e. The van der Waals surface area contributed by atoms with E-state index in [-0.39, 0.29) is 12.5 Å². The van der Waals surface area contributed by atoms with Gasteiger partial charge in [0.15, 0.2) is 0 Å². The molecule has 0 unspecified atom stereocenters. The Bertz CT molecular complexity index is 187. The molecule has 0 atom stereocenters. The molecule has 0 aromatic rings. The second kappa shape index (κ2) is 6.39. The molecule has 0 fully saturated rings. The Hall–Kier alpha value is -1.32. The van der Waals surface area contributed by atoms with Gasteiger partial charge in [-0.1, -0.05) is 6.08 Å². The number of amides is 1. The van der Waals surface area contributed by atoms with Crippen molar-refractivity contribution in [3.05, 3.63) is 12.2 Å². The number of esters is 1. The summed E-state index contributed by atoms with van der Waals surface area (Å²) >= 11 is 0. The average molecular weight is 171 g/mol.